The van der Waals surface area contributed by atoms with Gasteiger partial charge in [0, 0.05) is 0 Å². The molecule has 4 saturated carbocycles. The molecule has 0 amide bonds. The van der Waals surface area contributed by atoms with Crippen molar-refractivity contribution in [2.75, 3.05) is 5.75 Å². The van der Waals surface area contributed by atoms with Gasteiger partial charge < -0.3 is 0 Å². The average Bonchev–Trinajstić information content (AvgIpc) is 3.10. The molecule has 0 aromatic heterocycles. The van der Waals surface area contributed by atoms with Crippen molar-refractivity contribution in [3.8, 4) is 0 Å². The third-order valence-corrected chi connectivity index (χ3v) is 11.8. The highest BCUT2D eigenvalue weighted by atomic mass is 32.2. The molecule has 4 aliphatic carbocycles. The fourth-order valence-corrected chi connectivity index (χ4v) is 9.97. The van der Waals surface area contributed by atoms with E-state index in [1.54, 1.807) is 0 Å². The minimum Gasteiger partial charge on any atom is -0.286 e. The zero-order valence-electron chi connectivity index (χ0n) is 21.9. The Morgan fingerprint density at radius 2 is 1.56 bits per heavy atom. The fourth-order valence-electron chi connectivity index (χ4n) is 9.40. The van der Waals surface area contributed by atoms with Gasteiger partial charge in [-0.15, -0.1) is 0 Å². The summed E-state index contributed by atoms with van der Waals surface area (Å²) in [7, 11) is -3.80. The summed E-state index contributed by atoms with van der Waals surface area (Å²) in [4.78, 5) is 0. The average molecular weight is 469 g/mol. The van der Waals surface area contributed by atoms with Crippen molar-refractivity contribution in [3.63, 3.8) is 0 Å². The Kier molecular flexibility index (Phi) is 8.50. The number of unbranched alkanes of at least 4 members (excludes halogenated alkanes) is 1. The predicted molar refractivity (Wildman–Crippen MR) is 135 cm³/mol. The van der Waals surface area contributed by atoms with Crippen LogP contribution in [0.1, 0.15) is 119 Å². The molecule has 0 heterocycles. The summed E-state index contributed by atoms with van der Waals surface area (Å²) in [6.45, 7) is 14.2. The molecule has 1 N–H and O–H groups in total. The number of hydrogen-bond donors (Lipinski definition) is 1. The van der Waals surface area contributed by atoms with Gasteiger partial charge in [0.2, 0.25) is 0 Å². The van der Waals surface area contributed by atoms with Gasteiger partial charge in [0.25, 0.3) is 10.1 Å². The third kappa shape index (κ3) is 5.11. The van der Waals surface area contributed by atoms with Crippen molar-refractivity contribution in [1.82, 2.24) is 0 Å². The van der Waals surface area contributed by atoms with Crippen LogP contribution in [-0.2, 0) is 10.1 Å². The lowest BCUT2D eigenvalue weighted by Crippen LogP contribution is -2.53. The Labute approximate surface area is 199 Å². The molecule has 0 radical (unpaired) electrons. The van der Waals surface area contributed by atoms with E-state index in [-0.39, 0.29) is 5.75 Å². The van der Waals surface area contributed by atoms with E-state index < -0.39 is 10.1 Å². The zero-order valence-corrected chi connectivity index (χ0v) is 22.7. The predicted octanol–water partition coefficient (Wildman–Crippen LogP) is 8.00. The van der Waals surface area contributed by atoms with E-state index in [1.807, 2.05) is 13.8 Å². The second-order valence-electron chi connectivity index (χ2n) is 12.5. The van der Waals surface area contributed by atoms with Gasteiger partial charge in [-0.25, -0.2) is 0 Å². The molecule has 0 aromatic rings. The van der Waals surface area contributed by atoms with Gasteiger partial charge in [0.15, 0.2) is 0 Å². The minimum atomic E-state index is -3.80. The van der Waals surface area contributed by atoms with Crippen LogP contribution in [0.5, 0.6) is 0 Å². The van der Waals surface area contributed by atoms with E-state index >= 15 is 0 Å². The number of rotatable bonds is 6. The molecule has 4 fully saturated rings. The minimum absolute atomic E-state index is 0.0770. The first kappa shape index (κ1) is 26.5. The monoisotopic (exact) mass is 468 g/mol. The van der Waals surface area contributed by atoms with Crippen molar-refractivity contribution in [3.05, 3.63) is 0 Å². The van der Waals surface area contributed by atoms with E-state index in [9.17, 15) is 8.42 Å². The largest absolute Gasteiger partial charge is 0.286 e. The molecule has 188 valence electrons. The van der Waals surface area contributed by atoms with Crippen molar-refractivity contribution < 1.29 is 13.0 Å². The number of fused-ring (bicyclic) bond motifs is 5. The van der Waals surface area contributed by atoms with Gasteiger partial charge >= 0.3 is 0 Å². The highest BCUT2D eigenvalue weighted by molar-refractivity contribution is 7.85. The van der Waals surface area contributed by atoms with Crippen LogP contribution in [0.3, 0.4) is 0 Å². The Bertz CT molecular complexity index is 718. The molecule has 4 rings (SSSR count). The maximum atomic E-state index is 11.0. The highest BCUT2D eigenvalue weighted by Gasteiger charge is 2.60. The van der Waals surface area contributed by atoms with Crippen molar-refractivity contribution in [2.45, 2.75) is 119 Å². The quantitative estimate of drug-likeness (QED) is 0.317. The second-order valence-corrected chi connectivity index (χ2v) is 14.1. The van der Waals surface area contributed by atoms with E-state index in [0.717, 1.165) is 48.3 Å². The van der Waals surface area contributed by atoms with E-state index in [2.05, 4.69) is 27.7 Å². The van der Waals surface area contributed by atoms with Gasteiger partial charge in [0.05, 0.1) is 5.75 Å². The highest BCUT2D eigenvalue weighted by Crippen LogP contribution is 2.68. The van der Waals surface area contributed by atoms with Gasteiger partial charge in [-0.2, -0.15) is 8.42 Å². The SMILES string of the molecule is CC.CC1CCC2(C)C(CCC3C2CCC2(C)C(C(C)CCCCS(=O)(=O)O)CCC32)C1. The Morgan fingerprint density at radius 1 is 0.906 bits per heavy atom. The molecule has 32 heavy (non-hydrogen) atoms. The molecule has 9 atom stereocenters. The summed E-state index contributed by atoms with van der Waals surface area (Å²) in [5, 5.41) is 0. The Morgan fingerprint density at radius 3 is 2.25 bits per heavy atom. The van der Waals surface area contributed by atoms with Crippen molar-refractivity contribution in [2.24, 2.45) is 52.3 Å². The topological polar surface area (TPSA) is 54.4 Å². The molecule has 3 nitrogen and oxygen atoms in total. The second kappa shape index (κ2) is 10.3. The number of hydrogen-bond acceptors (Lipinski definition) is 2. The standard InChI is InChI=1S/C26H46O3S.C2H6/c1-18-12-14-25(3)20(17-18)8-9-21-23-11-10-22(26(23,4)15-13-24(21)25)19(2)7-5-6-16-30(27,28)29;1-2/h18-24H,5-17H2,1-4H3,(H,27,28,29);1-2H3. The maximum absolute atomic E-state index is 11.0. The summed E-state index contributed by atoms with van der Waals surface area (Å²) in [5.74, 6) is 6.13. The summed E-state index contributed by atoms with van der Waals surface area (Å²) < 4.78 is 31.0. The van der Waals surface area contributed by atoms with Crippen LogP contribution in [0.15, 0.2) is 0 Å². The normalized spacial score (nSPS) is 44.5. The van der Waals surface area contributed by atoms with Crippen molar-refractivity contribution in [1.29, 1.82) is 0 Å². The van der Waals surface area contributed by atoms with E-state index in [1.165, 1.54) is 57.8 Å². The van der Waals surface area contributed by atoms with Gasteiger partial charge in [-0.05, 0) is 110 Å². The van der Waals surface area contributed by atoms with E-state index in [4.69, 9.17) is 4.55 Å². The molecular weight excluding hydrogens is 416 g/mol. The Hall–Kier alpha value is -0.0900. The maximum Gasteiger partial charge on any atom is 0.264 e. The van der Waals surface area contributed by atoms with Crippen LogP contribution in [0.4, 0.5) is 0 Å². The van der Waals surface area contributed by atoms with Crippen LogP contribution in [-0.4, -0.2) is 18.7 Å². The third-order valence-electron chi connectivity index (χ3n) is 11.0. The first-order valence-electron chi connectivity index (χ1n) is 14.0. The molecule has 0 bridgehead atoms. The van der Waals surface area contributed by atoms with Crippen LogP contribution in [0.25, 0.3) is 0 Å². The lowest BCUT2D eigenvalue weighted by atomic mass is 9.44. The van der Waals surface area contributed by atoms with Crippen LogP contribution >= 0.6 is 0 Å². The van der Waals surface area contributed by atoms with Gasteiger partial charge in [-0.3, -0.25) is 4.55 Å². The van der Waals surface area contributed by atoms with Crippen LogP contribution in [0.2, 0.25) is 0 Å². The van der Waals surface area contributed by atoms with Crippen molar-refractivity contribution >= 4 is 10.1 Å². The van der Waals surface area contributed by atoms with E-state index in [0.29, 0.717) is 23.2 Å². The molecule has 4 aliphatic rings. The van der Waals surface area contributed by atoms with Crippen LogP contribution < -0.4 is 0 Å². The summed E-state index contributed by atoms with van der Waals surface area (Å²) in [6, 6.07) is 0. The molecule has 0 spiro atoms. The lowest BCUT2D eigenvalue weighted by molar-refractivity contribution is -0.120. The smallest absolute Gasteiger partial charge is 0.264 e. The Balaban J connectivity index is 0.00000141. The first-order valence-corrected chi connectivity index (χ1v) is 15.6. The summed E-state index contributed by atoms with van der Waals surface area (Å²) >= 11 is 0. The molecule has 0 aromatic carbocycles. The summed E-state index contributed by atoms with van der Waals surface area (Å²) in [6.07, 6.45) is 15.6. The molecule has 4 heteroatoms. The molecule has 9 unspecified atom stereocenters. The molecule has 0 aliphatic heterocycles. The van der Waals surface area contributed by atoms with Gasteiger partial charge in [0.1, 0.15) is 0 Å². The van der Waals surface area contributed by atoms with Gasteiger partial charge in [-0.1, -0.05) is 60.8 Å². The zero-order chi connectivity index (χ0) is 23.7. The first-order chi connectivity index (χ1) is 15.0. The molecular formula is C28H52O3S. The van der Waals surface area contributed by atoms with Crippen LogP contribution in [0, 0.1) is 52.3 Å². The lowest BCUT2D eigenvalue weighted by Gasteiger charge is -2.61. The summed E-state index contributed by atoms with van der Waals surface area (Å²) in [5.41, 5.74) is 1.10. The molecule has 0 saturated heterocycles. The fraction of sp³-hybridized carbons (Fsp3) is 1.00.